The van der Waals surface area contributed by atoms with E-state index in [0.717, 1.165) is 16.3 Å². The minimum Gasteiger partial charge on any atom is -0.333 e. The fourth-order valence-corrected chi connectivity index (χ4v) is 4.01. The summed E-state index contributed by atoms with van der Waals surface area (Å²) in [4.78, 5) is 14.2. The van der Waals surface area contributed by atoms with Gasteiger partial charge in [0.2, 0.25) is 5.82 Å². The Morgan fingerprint density at radius 1 is 1.18 bits per heavy atom. The Hall–Kier alpha value is -3.66. The predicted molar refractivity (Wildman–Crippen MR) is 98.2 cm³/mol. The van der Waals surface area contributed by atoms with Crippen LogP contribution in [0.4, 0.5) is 4.39 Å². The van der Waals surface area contributed by atoms with Crippen LogP contribution in [0, 0.1) is 5.82 Å². The molecule has 136 valence electrons. The molecule has 0 saturated heterocycles. The van der Waals surface area contributed by atoms with Crippen LogP contribution >= 0.6 is 11.3 Å². The molecule has 1 aliphatic rings. The van der Waals surface area contributed by atoms with Gasteiger partial charge in [-0.05, 0) is 29.6 Å². The first-order chi connectivity index (χ1) is 13.8. The maximum Gasteiger partial charge on any atom is 0.268 e. The van der Waals surface area contributed by atoms with Gasteiger partial charge in [0.1, 0.15) is 24.2 Å². The molecule has 0 unspecified atom stereocenters. The van der Waals surface area contributed by atoms with Gasteiger partial charge in [-0.25, -0.2) is 19.0 Å². The third-order valence-corrected chi connectivity index (χ3v) is 5.47. The van der Waals surface area contributed by atoms with Crippen molar-refractivity contribution in [2.75, 3.05) is 0 Å². The topological polar surface area (TPSA) is 87.4 Å². The summed E-state index contributed by atoms with van der Waals surface area (Å²) in [6.45, 7) is 0.393. The van der Waals surface area contributed by atoms with Crippen molar-refractivity contribution in [2.24, 2.45) is 0 Å². The lowest BCUT2D eigenvalue weighted by atomic mass is 10.1. The van der Waals surface area contributed by atoms with Crippen LogP contribution in [0.3, 0.4) is 0 Å². The van der Waals surface area contributed by atoms with Crippen molar-refractivity contribution < 1.29 is 8.91 Å². The fourth-order valence-electron chi connectivity index (χ4n) is 3.37. The molecule has 0 amide bonds. The second-order valence-electron chi connectivity index (χ2n) is 6.21. The Morgan fingerprint density at radius 3 is 3.04 bits per heavy atom. The maximum absolute atomic E-state index is 13.9. The molecule has 1 aliphatic heterocycles. The average Bonchev–Trinajstić information content (AvgIpc) is 3.48. The van der Waals surface area contributed by atoms with E-state index in [1.807, 2.05) is 22.1 Å². The van der Waals surface area contributed by atoms with Crippen LogP contribution in [0.1, 0.15) is 5.69 Å². The Labute approximate surface area is 160 Å². The number of imidazole rings is 1. The number of halogens is 1. The van der Waals surface area contributed by atoms with Crippen molar-refractivity contribution in [3.8, 4) is 39.4 Å². The fraction of sp³-hybridized carbons (Fsp3) is 0.0556. The molecule has 0 N–H and O–H groups in total. The highest BCUT2D eigenvalue weighted by molar-refractivity contribution is 7.13. The zero-order valence-corrected chi connectivity index (χ0v) is 15.0. The number of benzene rings is 1. The third kappa shape index (κ3) is 2.18. The van der Waals surface area contributed by atoms with Crippen LogP contribution in [-0.4, -0.2) is 34.5 Å². The number of thiophene rings is 1. The van der Waals surface area contributed by atoms with Gasteiger partial charge in [0.05, 0.1) is 22.8 Å². The molecule has 28 heavy (non-hydrogen) atoms. The lowest BCUT2D eigenvalue weighted by Gasteiger charge is -2.08. The third-order valence-electron chi connectivity index (χ3n) is 4.61. The summed E-state index contributed by atoms with van der Waals surface area (Å²) in [5, 5.41) is 10.3. The van der Waals surface area contributed by atoms with Gasteiger partial charge in [0.25, 0.3) is 5.89 Å². The number of rotatable bonds is 2. The summed E-state index contributed by atoms with van der Waals surface area (Å²) in [5.74, 6) is 1.10. The molecule has 5 aromatic rings. The summed E-state index contributed by atoms with van der Waals surface area (Å²) < 4.78 is 22.9. The number of fused-ring (bicyclic) bond motifs is 5. The van der Waals surface area contributed by atoms with E-state index in [1.165, 1.54) is 29.8 Å². The summed E-state index contributed by atoms with van der Waals surface area (Å²) in [7, 11) is 0. The lowest BCUT2D eigenvalue weighted by Crippen LogP contribution is -2.05. The molecule has 0 atom stereocenters. The molecule has 4 aromatic heterocycles. The van der Waals surface area contributed by atoms with Crippen LogP contribution in [-0.2, 0) is 6.54 Å². The monoisotopic (exact) mass is 391 g/mol. The Morgan fingerprint density at radius 2 is 2.14 bits per heavy atom. The van der Waals surface area contributed by atoms with Gasteiger partial charge in [-0.15, -0.1) is 11.3 Å². The van der Waals surface area contributed by atoms with Crippen molar-refractivity contribution in [3.63, 3.8) is 0 Å². The molecule has 0 fully saturated rings. The summed E-state index contributed by atoms with van der Waals surface area (Å²) in [5.41, 5.74) is 2.82. The van der Waals surface area contributed by atoms with E-state index in [0.29, 0.717) is 35.3 Å². The molecule has 10 heteroatoms. The van der Waals surface area contributed by atoms with Crippen LogP contribution in [0.15, 0.2) is 52.9 Å². The molecule has 0 bridgehead atoms. The van der Waals surface area contributed by atoms with E-state index in [1.54, 1.807) is 17.1 Å². The molecule has 0 saturated carbocycles. The summed E-state index contributed by atoms with van der Waals surface area (Å²) in [6.07, 6.45) is 3.13. The second-order valence-corrected chi connectivity index (χ2v) is 7.16. The Balaban J connectivity index is 1.55. The molecule has 0 radical (unpaired) electrons. The van der Waals surface area contributed by atoms with Gasteiger partial charge < -0.3 is 4.52 Å². The largest absolute Gasteiger partial charge is 0.333 e. The SMILES string of the molecule is Fc1ccc2c(c1)-c1ncnn1Cc1c(-c3noc(-c4cccs4)n3)ncn1-2. The van der Waals surface area contributed by atoms with E-state index in [9.17, 15) is 4.39 Å². The quantitative estimate of drug-likeness (QED) is 0.450. The van der Waals surface area contributed by atoms with Gasteiger partial charge >= 0.3 is 0 Å². The van der Waals surface area contributed by atoms with Crippen molar-refractivity contribution in [1.29, 1.82) is 0 Å². The molecular formula is C18H10FN7OS. The number of aromatic nitrogens is 7. The van der Waals surface area contributed by atoms with Crippen molar-refractivity contribution in [3.05, 3.63) is 59.9 Å². The van der Waals surface area contributed by atoms with Gasteiger partial charge in [-0.1, -0.05) is 11.2 Å². The van der Waals surface area contributed by atoms with E-state index < -0.39 is 0 Å². The highest BCUT2D eigenvalue weighted by Gasteiger charge is 2.26. The predicted octanol–water partition coefficient (Wildman–Crippen LogP) is 3.41. The van der Waals surface area contributed by atoms with E-state index >= 15 is 0 Å². The molecule has 6 rings (SSSR count). The van der Waals surface area contributed by atoms with E-state index in [2.05, 4.69) is 25.2 Å². The molecule has 0 aliphatic carbocycles. The molecule has 8 nitrogen and oxygen atoms in total. The van der Waals surface area contributed by atoms with E-state index in [-0.39, 0.29) is 5.82 Å². The second kappa shape index (κ2) is 5.67. The average molecular weight is 391 g/mol. The van der Waals surface area contributed by atoms with Crippen LogP contribution in [0.2, 0.25) is 0 Å². The van der Waals surface area contributed by atoms with Crippen LogP contribution in [0.25, 0.3) is 39.4 Å². The first-order valence-corrected chi connectivity index (χ1v) is 9.28. The molecule has 5 heterocycles. The van der Waals surface area contributed by atoms with Gasteiger partial charge in [0, 0.05) is 5.56 Å². The summed E-state index contributed by atoms with van der Waals surface area (Å²) >= 11 is 1.52. The smallest absolute Gasteiger partial charge is 0.268 e. The standard InChI is InChI=1S/C18H10FN7OS/c19-10-3-4-12-11(6-10)17-20-8-22-26(17)7-13-15(21-9-25(12)13)16-23-18(27-24-16)14-2-1-5-28-14/h1-6,8-9H,7H2. The highest BCUT2D eigenvalue weighted by Crippen LogP contribution is 2.34. The zero-order chi connectivity index (χ0) is 18.7. The van der Waals surface area contributed by atoms with Crippen molar-refractivity contribution >= 4 is 11.3 Å². The molecular weight excluding hydrogens is 381 g/mol. The minimum absolute atomic E-state index is 0.337. The number of hydrogen-bond acceptors (Lipinski definition) is 7. The molecule has 0 spiro atoms. The highest BCUT2D eigenvalue weighted by atomic mass is 32.1. The first-order valence-electron chi connectivity index (χ1n) is 8.40. The van der Waals surface area contributed by atoms with Crippen molar-refractivity contribution in [1.82, 2.24) is 34.5 Å². The normalized spacial score (nSPS) is 12.3. The minimum atomic E-state index is -0.337. The van der Waals surface area contributed by atoms with Crippen LogP contribution < -0.4 is 0 Å². The number of hydrogen-bond donors (Lipinski definition) is 0. The Kier molecular flexibility index (Phi) is 3.12. The zero-order valence-electron chi connectivity index (χ0n) is 14.2. The maximum atomic E-state index is 13.9. The first kappa shape index (κ1) is 15.4. The van der Waals surface area contributed by atoms with Gasteiger partial charge in [-0.3, -0.25) is 4.57 Å². The van der Waals surface area contributed by atoms with Crippen molar-refractivity contribution in [2.45, 2.75) is 6.54 Å². The van der Waals surface area contributed by atoms with Crippen LogP contribution in [0.5, 0.6) is 0 Å². The van der Waals surface area contributed by atoms with Gasteiger partial charge in [-0.2, -0.15) is 10.1 Å². The molecule has 1 aromatic carbocycles. The lowest BCUT2D eigenvalue weighted by molar-refractivity contribution is 0.433. The Bertz CT molecular complexity index is 1320. The van der Waals surface area contributed by atoms with Gasteiger partial charge in [0.15, 0.2) is 5.82 Å². The number of nitrogens with zero attached hydrogens (tertiary/aromatic N) is 7. The summed E-state index contributed by atoms with van der Waals surface area (Å²) in [6, 6.07) is 8.42. The van der Waals surface area contributed by atoms with E-state index in [4.69, 9.17) is 4.52 Å².